The molecule has 0 fully saturated rings. The molecule has 0 radical (unpaired) electrons. The lowest BCUT2D eigenvalue weighted by Crippen LogP contribution is -2.53. The van der Waals surface area contributed by atoms with E-state index in [9.17, 15) is 22.4 Å². The van der Waals surface area contributed by atoms with Gasteiger partial charge in [0.05, 0.1) is 10.6 Å². The zero-order valence-electron chi connectivity index (χ0n) is 23.1. The van der Waals surface area contributed by atoms with E-state index in [2.05, 4.69) is 5.32 Å². The van der Waals surface area contributed by atoms with Crippen LogP contribution in [-0.4, -0.2) is 43.8 Å². The van der Waals surface area contributed by atoms with Crippen LogP contribution in [0.5, 0.6) is 0 Å². The Balaban J connectivity index is 2.06. The molecule has 0 aliphatic rings. The van der Waals surface area contributed by atoms with E-state index in [4.69, 9.17) is 11.6 Å². The smallest absolute Gasteiger partial charge is 0.264 e. The molecular formula is C30H35ClFN3O4S. The van der Waals surface area contributed by atoms with Crippen LogP contribution in [0.4, 0.5) is 10.1 Å². The number of nitrogens with one attached hydrogen (secondary N) is 1. The summed E-state index contributed by atoms with van der Waals surface area (Å²) in [5.41, 5.74) is 1.56. The minimum Gasteiger partial charge on any atom is -0.352 e. The number of carbonyl (C=O) groups is 2. The molecule has 0 unspecified atom stereocenters. The number of sulfonamides is 1. The van der Waals surface area contributed by atoms with Gasteiger partial charge in [0.25, 0.3) is 10.0 Å². The summed E-state index contributed by atoms with van der Waals surface area (Å²) in [6.07, 6.45) is 0.988. The number of hydrogen-bond acceptors (Lipinski definition) is 4. The Kier molecular flexibility index (Phi) is 10.7. The highest BCUT2D eigenvalue weighted by atomic mass is 35.5. The van der Waals surface area contributed by atoms with Crippen LogP contribution in [0, 0.1) is 12.7 Å². The van der Waals surface area contributed by atoms with Crippen molar-refractivity contribution >= 4 is 39.1 Å². The van der Waals surface area contributed by atoms with Gasteiger partial charge in [0.1, 0.15) is 18.4 Å². The molecule has 3 rings (SSSR count). The Morgan fingerprint density at radius 3 is 2.20 bits per heavy atom. The molecule has 0 aliphatic carbocycles. The molecule has 2 atom stereocenters. The molecule has 0 aliphatic heterocycles. The minimum atomic E-state index is -4.19. The summed E-state index contributed by atoms with van der Waals surface area (Å²) in [5.74, 6) is -1.37. The van der Waals surface area contributed by atoms with Crippen molar-refractivity contribution in [3.63, 3.8) is 0 Å². The lowest BCUT2D eigenvalue weighted by atomic mass is 10.1. The molecule has 0 heterocycles. The summed E-state index contributed by atoms with van der Waals surface area (Å²) < 4.78 is 42.3. The van der Waals surface area contributed by atoms with Crippen molar-refractivity contribution in [3.8, 4) is 0 Å². The van der Waals surface area contributed by atoms with Crippen molar-refractivity contribution in [1.82, 2.24) is 10.2 Å². The summed E-state index contributed by atoms with van der Waals surface area (Å²) >= 11 is 6.35. The van der Waals surface area contributed by atoms with Gasteiger partial charge < -0.3 is 10.2 Å². The summed E-state index contributed by atoms with van der Waals surface area (Å²) in [6, 6.07) is 17.2. The van der Waals surface area contributed by atoms with Crippen molar-refractivity contribution in [3.05, 3.63) is 94.8 Å². The van der Waals surface area contributed by atoms with Gasteiger partial charge in [-0.2, -0.15) is 0 Å². The largest absolute Gasteiger partial charge is 0.352 e. The average molecular weight is 588 g/mol. The van der Waals surface area contributed by atoms with E-state index in [-0.39, 0.29) is 35.5 Å². The van der Waals surface area contributed by atoms with Crippen LogP contribution in [0.3, 0.4) is 0 Å². The zero-order chi connectivity index (χ0) is 29.4. The highest BCUT2D eigenvalue weighted by Crippen LogP contribution is 2.28. The Morgan fingerprint density at radius 1 is 0.975 bits per heavy atom. The lowest BCUT2D eigenvalue weighted by molar-refractivity contribution is -0.140. The molecule has 1 N–H and O–H groups in total. The van der Waals surface area contributed by atoms with E-state index in [1.165, 1.54) is 47.4 Å². The molecule has 0 spiro atoms. The minimum absolute atomic E-state index is 0.00568. The van der Waals surface area contributed by atoms with Crippen molar-refractivity contribution < 1.29 is 22.4 Å². The average Bonchev–Trinajstić information content (AvgIpc) is 2.94. The maximum absolute atomic E-state index is 14.0. The van der Waals surface area contributed by atoms with Gasteiger partial charge in [0, 0.05) is 17.6 Å². The van der Waals surface area contributed by atoms with Crippen LogP contribution < -0.4 is 9.62 Å². The first kappa shape index (κ1) is 31.1. The Bertz CT molecular complexity index is 1420. The van der Waals surface area contributed by atoms with Crippen LogP contribution in [0.15, 0.2) is 77.7 Å². The Labute approximate surface area is 241 Å². The number of halogens is 2. The van der Waals surface area contributed by atoms with Crippen LogP contribution in [-0.2, 0) is 26.2 Å². The van der Waals surface area contributed by atoms with Gasteiger partial charge >= 0.3 is 0 Å². The second kappa shape index (κ2) is 13.8. The molecule has 3 aromatic carbocycles. The normalized spacial score (nSPS) is 12.8. The van der Waals surface area contributed by atoms with Gasteiger partial charge in [-0.15, -0.1) is 0 Å². The van der Waals surface area contributed by atoms with E-state index >= 15 is 0 Å². The molecule has 0 aromatic heterocycles. The topological polar surface area (TPSA) is 86.8 Å². The molecule has 214 valence electrons. The lowest BCUT2D eigenvalue weighted by Gasteiger charge is -2.33. The Hall–Kier alpha value is -3.43. The van der Waals surface area contributed by atoms with E-state index < -0.39 is 34.3 Å². The summed E-state index contributed by atoms with van der Waals surface area (Å²) in [4.78, 5) is 28.7. The number of amides is 2. The van der Waals surface area contributed by atoms with E-state index in [1.807, 2.05) is 13.8 Å². The highest BCUT2D eigenvalue weighted by Gasteiger charge is 2.34. The van der Waals surface area contributed by atoms with Crippen molar-refractivity contribution in [2.24, 2.45) is 0 Å². The second-order valence-electron chi connectivity index (χ2n) is 9.65. The van der Waals surface area contributed by atoms with Gasteiger partial charge in [0.2, 0.25) is 11.8 Å². The maximum Gasteiger partial charge on any atom is 0.264 e. The van der Waals surface area contributed by atoms with Gasteiger partial charge in [-0.25, -0.2) is 12.8 Å². The summed E-state index contributed by atoms with van der Waals surface area (Å²) in [7, 11) is -4.19. The standard InChI is InChI=1S/C30H35ClFN3O4S/c1-5-22(4)33-30(37)28(6-2)34(19-23-13-15-24(32)16-14-23)29(36)20-35(25-17-12-21(3)27(31)18-25)40(38,39)26-10-8-7-9-11-26/h7-18,22,28H,5-6,19-20H2,1-4H3,(H,33,37)/t22-,28+/m0/s1. The third kappa shape index (κ3) is 7.61. The van der Waals surface area contributed by atoms with Gasteiger partial charge in [0.15, 0.2) is 0 Å². The highest BCUT2D eigenvalue weighted by molar-refractivity contribution is 7.92. The number of aryl methyl sites for hydroxylation is 1. The van der Waals surface area contributed by atoms with E-state index in [1.54, 1.807) is 44.2 Å². The van der Waals surface area contributed by atoms with Crippen LogP contribution in [0.2, 0.25) is 5.02 Å². The number of rotatable bonds is 12. The molecule has 2 amide bonds. The quantitative estimate of drug-likeness (QED) is 0.294. The summed E-state index contributed by atoms with van der Waals surface area (Å²) in [5, 5.41) is 3.27. The fourth-order valence-electron chi connectivity index (χ4n) is 4.13. The van der Waals surface area contributed by atoms with E-state index in [0.29, 0.717) is 17.0 Å². The third-order valence-electron chi connectivity index (χ3n) is 6.71. The first-order chi connectivity index (χ1) is 19.0. The van der Waals surface area contributed by atoms with Crippen molar-refractivity contribution in [1.29, 1.82) is 0 Å². The number of nitrogens with zero attached hydrogens (tertiary/aromatic N) is 2. The fourth-order valence-corrected chi connectivity index (χ4v) is 5.73. The molecule has 40 heavy (non-hydrogen) atoms. The predicted octanol–water partition coefficient (Wildman–Crippen LogP) is 5.70. The number of carbonyl (C=O) groups excluding carboxylic acids is 2. The molecule has 0 saturated heterocycles. The molecule has 0 saturated carbocycles. The molecular weight excluding hydrogens is 553 g/mol. The van der Waals surface area contributed by atoms with Crippen molar-refractivity contribution in [2.45, 2.75) is 64.1 Å². The van der Waals surface area contributed by atoms with Crippen LogP contribution >= 0.6 is 11.6 Å². The number of hydrogen-bond donors (Lipinski definition) is 1. The van der Waals surface area contributed by atoms with Gasteiger partial charge in [-0.3, -0.25) is 13.9 Å². The predicted molar refractivity (Wildman–Crippen MR) is 156 cm³/mol. The van der Waals surface area contributed by atoms with E-state index in [0.717, 1.165) is 9.87 Å². The third-order valence-corrected chi connectivity index (χ3v) is 8.90. The number of anilines is 1. The van der Waals surface area contributed by atoms with Crippen LogP contribution in [0.25, 0.3) is 0 Å². The molecule has 0 bridgehead atoms. The monoisotopic (exact) mass is 587 g/mol. The molecule has 7 nitrogen and oxygen atoms in total. The first-order valence-electron chi connectivity index (χ1n) is 13.2. The van der Waals surface area contributed by atoms with Gasteiger partial charge in [-0.1, -0.05) is 61.8 Å². The van der Waals surface area contributed by atoms with Crippen LogP contribution in [0.1, 0.15) is 44.7 Å². The molecule has 10 heteroatoms. The first-order valence-corrected chi connectivity index (χ1v) is 15.0. The Morgan fingerprint density at radius 2 is 1.62 bits per heavy atom. The van der Waals surface area contributed by atoms with Gasteiger partial charge in [-0.05, 0) is 74.2 Å². The second-order valence-corrected chi connectivity index (χ2v) is 11.9. The maximum atomic E-state index is 14.0. The fraction of sp³-hybridized carbons (Fsp3) is 0.333. The SMILES string of the molecule is CC[C@H](C(=O)N[C@@H](C)CC)N(Cc1ccc(F)cc1)C(=O)CN(c1ccc(C)c(Cl)c1)S(=O)(=O)c1ccccc1. The number of benzene rings is 3. The molecule has 3 aromatic rings. The summed E-state index contributed by atoms with van der Waals surface area (Å²) in [6.45, 7) is 6.78. The zero-order valence-corrected chi connectivity index (χ0v) is 24.7. The van der Waals surface area contributed by atoms with Crippen molar-refractivity contribution in [2.75, 3.05) is 10.8 Å².